The molecule has 1 atom stereocenters. The van der Waals surface area contributed by atoms with Gasteiger partial charge in [-0.15, -0.1) is 11.3 Å². The zero-order valence-electron chi connectivity index (χ0n) is 15.1. The van der Waals surface area contributed by atoms with Gasteiger partial charge in [0, 0.05) is 16.0 Å². The number of alkyl halides is 4. The van der Waals surface area contributed by atoms with Gasteiger partial charge in [0.25, 0.3) is 18.0 Å². The Bertz CT molecular complexity index is 1120. The van der Waals surface area contributed by atoms with E-state index in [2.05, 4.69) is 10.3 Å². The maximum atomic E-state index is 13.5. The van der Waals surface area contributed by atoms with Crippen molar-refractivity contribution in [1.82, 2.24) is 4.98 Å². The van der Waals surface area contributed by atoms with Gasteiger partial charge in [0.05, 0.1) is 16.9 Å². The highest BCUT2D eigenvalue weighted by Gasteiger charge is 2.45. The minimum atomic E-state index is -5.45. The molecule has 3 rings (SSSR count). The summed E-state index contributed by atoms with van der Waals surface area (Å²) in [7, 11) is 0. The van der Waals surface area contributed by atoms with E-state index in [-0.39, 0.29) is 10.7 Å². The van der Waals surface area contributed by atoms with Crippen molar-refractivity contribution in [2.45, 2.75) is 12.3 Å². The third kappa shape index (κ3) is 5.56. The maximum Gasteiger partial charge on any atom is 0.428 e. The Labute approximate surface area is 180 Å². The molecule has 0 radical (unpaired) electrons. The van der Waals surface area contributed by atoms with Crippen LogP contribution in [0.1, 0.15) is 10.4 Å². The smallest absolute Gasteiger partial charge is 0.322 e. The van der Waals surface area contributed by atoms with Crippen molar-refractivity contribution in [3.8, 4) is 11.3 Å². The van der Waals surface area contributed by atoms with Crippen LogP contribution in [0.2, 0.25) is 5.02 Å². The number of aromatic nitrogens is 1. The lowest BCUT2D eigenvalue weighted by Crippen LogP contribution is -2.37. The van der Waals surface area contributed by atoms with Gasteiger partial charge in [0.15, 0.2) is 5.13 Å². The number of amides is 2. The molecule has 2 amide bonds. The first-order chi connectivity index (χ1) is 14.5. The van der Waals surface area contributed by atoms with E-state index in [1.54, 1.807) is 35.0 Å². The number of halogens is 6. The molecule has 1 aromatic heterocycles. The van der Waals surface area contributed by atoms with Crippen LogP contribution in [-0.4, -0.2) is 29.1 Å². The van der Waals surface area contributed by atoms with Gasteiger partial charge < -0.3 is 5.32 Å². The molecule has 2 aromatic carbocycles. The Hall–Kier alpha value is -3.05. The van der Waals surface area contributed by atoms with Crippen LogP contribution >= 0.6 is 22.9 Å². The summed E-state index contributed by atoms with van der Waals surface area (Å²) in [4.78, 5) is 28.3. The van der Waals surface area contributed by atoms with Gasteiger partial charge in [-0.3, -0.25) is 14.9 Å². The Balaban J connectivity index is 1.79. The summed E-state index contributed by atoms with van der Waals surface area (Å²) in [6, 6.07) is 9.14. The summed E-state index contributed by atoms with van der Waals surface area (Å²) < 4.78 is 63.9. The lowest BCUT2D eigenvalue weighted by molar-refractivity contribution is -0.183. The van der Waals surface area contributed by atoms with Crippen LogP contribution in [0.25, 0.3) is 11.3 Å². The number of nitrogens with zero attached hydrogens (tertiary/aromatic N) is 1. The number of hydrogen-bond acceptors (Lipinski definition) is 4. The molecule has 31 heavy (non-hydrogen) atoms. The molecule has 1 heterocycles. The molecule has 0 aliphatic carbocycles. The van der Waals surface area contributed by atoms with Gasteiger partial charge in [0.1, 0.15) is 5.82 Å². The van der Waals surface area contributed by atoms with Crippen LogP contribution in [0.3, 0.4) is 0 Å². The van der Waals surface area contributed by atoms with Crippen molar-refractivity contribution in [2.75, 3.05) is 10.6 Å². The first kappa shape index (κ1) is 22.6. The fourth-order valence-electron chi connectivity index (χ4n) is 2.41. The van der Waals surface area contributed by atoms with Gasteiger partial charge in [-0.25, -0.2) is 13.8 Å². The summed E-state index contributed by atoms with van der Waals surface area (Å²) in [5, 5.41) is 6.31. The highest BCUT2D eigenvalue weighted by molar-refractivity contribution is 7.14. The molecule has 1 unspecified atom stereocenters. The van der Waals surface area contributed by atoms with Gasteiger partial charge in [-0.1, -0.05) is 23.7 Å². The van der Waals surface area contributed by atoms with Crippen LogP contribution in [0, 0.1) is 5.82 Å². The molecule has 3 aromatic rings. The summed E-state index contributed by atoms with van der Waals surface area (Å²) in [6.45, 7) is 0. The minimum Gasteiger partial charge on any atom is -0.322 e. The fraction of sp³-hybridized carbons (Fsp3) is 0.105. The van der Waals surface area contributed by atoms with E-state index in [0.717, 1.165) is 29.0 Å². The van der Waals surface area contributed by atoms with Gasteiger partial charge in [-0.05, 0) is 30.3 Å². The number of nitrogens with one attached hydrogen (secondary N) is 2. The molecule has 162 valence electrons. The number of rotatable bonds is 5. The van der Waals surface area contributed by atoms with E-state index >= 15 is 0 Å². The zero-order valence-corrected chi connectivity index (χ0v) is 16.7. The highest BCUT2D eigenvalue weighted by atomic mass is 35.5. The average molecular weight is 476 g/mol. The lowest BCUT2D eigenvalue weighted by Gasteiger charge is -2.14. The van der Waals surface area contributed by atoms with E-state index in [1.165, 1.54) is 0 Å². The predicted molar refractivity (Wildman–Crippen MR) is 106 cm³/mol. The molecule has 0 bridgehead atoms. The van der Waals surface area contributed by atoms with Crippen molar-refractivity contribution in [2.24, 2.45) is 0 Å². The van der Waals surface area contributed by atoms with E-state index in [4.69, 9.17) is 11.6 Å². The summed E-state index contributed by atoms with van der Waals surface area (Å²) >= 11 is 6.89. The van der Waals surface area contributed by atoms with Crippen molar-refractivity contribution >= 4 is 45.6 Å². The van der Waals surface area contributed by atoms with Crippen LogP contribution in [0.15, 0.2) is 47.8 Å². The summed E-state index contributed by atoms with van der Waals surface area (Å²) in [5.74, 6) is -3.92. The largest absolute Gasteiger partial charge is 0.428 e. The molecule has 0 aliphatic heterocycles. The number of thiazole rings is 1. The van der Waals surface area contributed by atoms with Crippen molar-refractivity contribution < 1.29 is 31.5 Å². The highest BCUT2D eigenvalue weighted by Crippen LogP contribution is 2.28. The van der Waals surface area contributed by atoms with E-state index < -0.39 is 35.7 Å². The van der Waals surface area contributed by atoms with Crippen molar-refractivity contribution in [3.05, 3.63) is 64.2 Å². The Morgan fingerprint density at radius 1 is 1.06 bits per heavy atom. The third-order valence-electron chi connectivity index (χ3n) is 3.87. The second-order valence-electron chi connectivity index (χ2n) is 6.08. The SMILES string of the molecule is O=C(Nc1nc(-c2ccc(Cl)cc2)cs1)c1ccc(F)cc1NC(=O)C(F)C(F)(F)F. The minimum absolute atomic E-state index is 0.134. The molecule has 12 heteroatoms. The van der Waals surface area contributed by atoms with Gasteiger partial charge in [-0.2, -0.15) is 13.2 Å². The van der Waals surface area contributed by atoms with Crippen molar-refractivity contribution in [1.29, 1.82) is 0 Å². The van der Waals surface area contributed by atoms with Gasteiger partial charge >= 0.3 is 6.18 Å². The second-order valence-corrected chi connectivity index (χ2v) is 7.38. The summed E-state index contributed by atoms with van der Waals surface area (Å²) in [5.41, 5.74) is 0.239. The monoisotopic (exact) mass is 475 g/mol. The van der Waals surface area contributed by atoms with Crippen LogP contribution in [-0.2, 0) is 4.79 Å². The average Bonchev–Trinajstić information content (AvgIpc) is 3.15. The first-order valence-corrected chi connectivity index (χ1v) is 9.64. The molecule has 0 saturated heterocycles. The molecule has 0 spiro atoms. The number of carbonyl (C=O) groups is 2. The Morgan fingerprint density at radius 2 is 1.74 bits per heavy atom. The van der Waals surface area contributed by atoms with E-state index in [1.807, 2.05) is 0 Å². The van der Waals surface area contributed by atoms with Crippen LogP contribution in [0.5, 0.6) is 0 Å². The molecular weight excluding hydrogens is 465 g/mol. The number of hydrogen-bond donors (Lipinski definition) is 2. The second kappa shape index (κ2) is 8.98. The topological polar surface area (TPSA) is 71.1 Å². The molecule has 5 nitrogen and oxygen atoms in total. The van der Waals surface area contributed by atoms with Crippen LogP contribution < -0.4 is 10.6 Å². The first-order valence-electron chi connectivity index (χ1n) is 8.38. The molecule has 0 fully saturated rings. The standard InChI is InChI=1S/C19H11ClF5N3O2S/c20-10-3-1-9(2-4-10)14-8-31-18(27-14)28-16(29)12-6-5-11(21)7-13(12)26-17(30)15(22)19(23,24)25/h1-8,15H,(H,26,30)(H,27,28,29). The van der Waals surface area contributed by atoms with E-state index in [0.29, 0.717) is 16.8 Å². The molecule has 0 saturated carbocycles. The quantitative estimate of drug-likeness (QED) is 0.465. The molecule has 2 N–H and O–H groups in total. The normalized spacial score (nSPS) is 12.3. The molecular formula is C19H11ClF5N3O2S. The fourth-order valence-corrected chi connectivity index (χ4v) is 3.25. The van der Waals surface area contributed by atoms with Gasteiger partial charge in [0.2, 0.25) is 0 Å². The third-order valence-corrected chi connectivity index (χ3v) is 4.88. The Morgan fingerprint density at radius 3 is 2.39 bits per heavy atom. The summed E-state index contributed by atoms with van der Waals surface area (Å²) in [6.07, 6.45) is -9.29. The maximum absolute atomic E-state index is 13.5. The van der Waals surface area contributed by atoms with E-state index in [9.17, 15) is 31.5 Å². The number of anilines is 2. The predicted octanol–water partition coefficient (Wildman–Crippen LogP) is 5.69. The van der Waals surface area contributed by atoms with Crippen molar-refractivity contribution in [3.63, 3.8) is 0 Å². The lowest BCUT2D eigenvalue weighted by atomic mass is 10.1. The zero-order chi connectivity index (χ0) is 22.8. The Kier molecular flexibility index (Phi) is 6.56. The number of benzene rings is 2. The number of carbonyl (C=O) groups excluding carboxylic acids is 2. The van der Waals surface area contributed by atoms with Crippen LogP contribution in [0.4, 0.5) is 32.8 Å². The molecule has 0 aliphatic rings.